The van der Waals surface area contributed by atoms with Crippen LogP contribution < -0.4 is 20.3 Å². The largest absolute Gasteiger partial charge is 0.493 e. The molecule has 0 aromatic heterocycles. The van der Waals surface area contributed by atoms with E-state index in [9.17, 15) is 0 Å². The molecule has 6 nitrogen and oxygen atoms in total. The number of aliphatic imine (C=N–C) groups is 1. The van der Waals surface area contributed by atoms with E-state index in [0.29, 0.717) is 25.7 Å². The second kappa shape index (κ2) is 11.2. The molecular formula is C22H32N4O2. The van der Waals surface area contributed by atoms with Crippen molar-refractivity contribution in [2.24, 2.45) is 4.99 Å². The van der Waals surface area contributed by atoms with E-state index in [4.69, 9.17) is 9.47 Å². The van der Waals surface area contributed by atoms with Gasteiger partial charge in [-0.1, -0.05) is 18.2 Å². The predicted octanol–water partition coefficient (Wildman–Crippen LogP) is 3.66. The fraction of sp³-hybridized carbons (Fsp3) is 0.409. The molecule has 0 aliphatic rings. The lowest BCUT2D eigenvalue weighted by Gasteiger charge is -2.19. The van der Waals surface area contributed by atoms with Crippen molar-refractivity contribution in [3.8, 4) is 5.75 Å². The van der Waals surface area contributed by atoms with Crippen LogP contribution in [0.4, 0.5) is 11.4 Å². The SMILES string of the molecule is CN=C(NCc1ccc(C)cc1N(C)C)Nc1cccc(OCCCOC)c1. The quantitative estimate of drug-likeness (QED) is 0.392. The highest BCUT2D eigenvalue weighted by Gasteiger charge is 2.07. The summed E-state index contributed by atoms with van der Waals surface area (Å²) in [5.74, 6) is 1.53. The van der Waals surface area contributed by atoms with Gasteiger partial charge in [0.15, 0.2) is 5.96 Å². The van der Waals surface area contributed by atoms with Gasteiger partial charge < -0.3 is 25.0 Å². The Morgan fingerprint density at radius 1 is 1.11 bits per heavy atom. The summed E-state index contributed by atoms with van der Waals surface area (Å²) in [6.07, 6.45) is 0.863. The Balaban J connectivity index is 1.96. The maximum atomic E-state index is 5.76. The number of hydrogen-bond donors (Lipinski definition) is 2. The smallest absolute Gasteiger partial charge is 0.195 e. The molecule has 6 heteroatoms. The van der Waals surface area contributed by atoms with E-state index in [2.05, 4.69) is 59.7 Å². The Labute approximate surface area is 168 Å². The zero-order chi connectivity index (χ0) is 20.4. The fourth-order valence-electron chi connectivity index (χ4n) is 2.79. The van der Waals surface area contributed by atoms with Crippen molar-refractivity contribution in [3.63, 3.8) is 0 Å². The third-order valence-electron chi connectivity index (χ3n) is 4.25. The summed E-state index contributed by atoms with van der Waals surface area (Å²) >= 11 is 0. The summed E-state index contributed by atoms with van der Waals surface area (Å²) in [5.41, 5.74) is 4.59. The lowest BCUT2D eigenvalue weighted by atomic mass is 10.1. The molecule has 0 aliphatic carbocycles. The van der Waals surface area contributed by atoms with Crippen molar-refractivity contribution in [1.82, 2.24) is 5.32 Å². The molecule has 0 atom stereocenters. The molecule has 0 heterocycles. The Kier molecular flexibility index (Phi) is 8.62. The van der Waals surface area contributed by atoms with Crippen LogP contribution in [0.25, 0.3) is 0 Å². The van der Waals surface area contributed by atoms with Gasteiger partial charge >= 0.3 is 0 Å². The van der Waals surface area contributed by atoms with Crippen molar-refractivity contribution < 1.29 is 9.47 Å². The van der Waals surface area contributed by atoms with Gasteiger partial charge in [-0.05, 0) is 36.2 Å². The predicted molar refractivity (Wildman–Crippen MR) is 118 cm³/mol. The first-order valence-electron chi connectivity index (χ1n) is 9.50. The number of ether oxygens (including phenoxy) is 2. The van der Waals surface area contributed by atoms with Crippen LogP contribution in [0, 0.1) is 6.92 Å². The second-order valence-corrected chi connectivity index (χ2v) is 6.80. The van der Waals surface area contributed by atoms with E-state index >= 15 is 0 Å². The van der Waals surface area contributed by atoms with Gasteiger partial charge in [0.05, 0.1) is 6.61 Å². The van der Waals surface area contributed by atoms with Crippen LogP contribution in [0.3, 0.4) is 0 Å². The van der Waals surface area contributed by atoms with Crippen LogP contribution >= 0.6 is 0 Å². The van der Waals surface area contributed by atoms with E-state index in [-0.39, 0.29) is 0 Å². The average molecular weight is 385 g/mol. The zero-order valence-electron chi connectivity index (χ0n) is 17.6. The van der Waals surface area contributed by atoms with E-state index in [1.165, 1.54) is 16.8 Å². The monoisotopic (exact) mass is 384 g/mol. The average Bonchev–Trinajstić information content (AvgIpc) is 2.69. The first-order chi connectivity index (χ1) is 13.5. The number of aryl methyl sites for hydroxylation is 1. The number of guanidine groups is 1. The molecule has 152 valence electrons. The highest BCUT2D eigenvalue weighted by molar-refractivity contribution is 5.93. The minimum Gasteiger partial charge on any atom is -0.493 e. The molecule has 0 bridgehead atoms. The molecule has 2 rings (SSSR count). The molecule has 2 aromatic carbocycles. The van der Waals surface area contributed by atoms with Crippen molar-refractivity contribution >= 4 is 17.3 Å². The molecule has 0 spiro atoms. The minimum absolute atomic E-state index is 0.630. The van der Waals surface area contributed by atoms with E-state index in [0.717, 1.165) is 17.9 Å². The number of nitrogens with one attached hydrogen (secondary N) is 2. The van der Waals surface area contributed by atoms with Crippen molar-refractivity contribution in [3.05, 3.63) is 53.6 Å². The molecule has 2 aromatic rings. The summed E-state index contributed by atoms with van der Waals surface area (Å²) in [5, 5.41) is 6.70. The highest BCUT2D eigenvalue weighted by Crippen LogP contribution is 2.21. The first-order valence-corrected chi connectivity index (χ1v) is 9.50. The highest BCUT2D eigenvalue weighted by atomic mass is 16.5. The molecule has 28 heavy (non-hydrogen) atoms. The molecular weight excluding hydrogens is 352 g/mol. The standard InChI is InChI=1S/C22H32N4O2/c1-17-10-11-18(21(14-17)26(3)4)16-24-22(23-2)25-19-8-6-9-20(15-19)28-13-7-12-27-5/h6,8-11,14-15H,7,12-13,16H2,1-5H3,(H2,23,24,25). The maximum absolute atomic E-state index is 5.76. The molecule has 0 amide bonds. The number of hydrogen-bond acceptors (Lipinski definition) is 4. The Morgan fingerprint density at radius 3 is 2.64 bits per heavy atom. The van der Waals surface area contributed by atoms with Gasteiger partial charge in [-0.15, -0.1) is 0 Å². The van der Waals surface area contributed by atoms with Gasteiger partial charge in [0, 0.05) is 65.3 Å². The van der Waals surface area contributed by atoms with Crippen LogP contribution in [0.2, 0.25) is 0 Å². The molecule has 0 radical (unpaired) electrons. The normalized spacial score (nSPS) is 11.2. The molecule has 2 N–H and O–H groups in total. The van der Waals surface area contributed by atoms with E-state index in [1.807, 2.05) is 24.3 Å². The molecule has 0 fully saturated rings. The summed E-state index contributed by atoms with van der Waals surface area (Å²) < 4.78 is 10.8. The Bertz CT molecular complexity index is 775. The van der Waals surface area contributed by atoms with Gasteiger partial charge in [-0.25, -0.2) is 0 Å². The van der Waals surface area contributed by atoms with Gasteiger partial charge in [0.2, 0.25) is 0 Å². The van der Waals surface area contributed by atoms with Crippen LogP contribution in [0.1, 0.15) is 17.5 Å². The third kappa shape index (κ3) is 6.78. The number of benzene rings is 2. The minimum atomic E-state index is 0.630. The number of anilines is 2. The second-order valence-electron chi connectivity index (χ2n) is 6.80. The van der Waals surface area contributed by atoms with Gasteiger partial charge in [-0.2, -0.15) is 0 Å². The van der Waals surface area contributed by atoms with Crippen LogP contribution in [-0.4, -0.2) is 47.4 Å². The van der Waals surface area contributed by atoms with Crippen LogP contribution in [-0.2, 0) is 11.3 Å². The van der Waals surface area contributed by atoms with Crippen LogP contribution in [0.5, 0.6) is 5.75 Å². The molecule has 0 unspecified atom stereocenters. The summed E-state index contributed by atoms with van der Waals surface area (Å²) in [6, 6.07) is 14.3. The first kappa shape index (κ1) is 21.6. The van der Waals surface area contributed by atoms with Crippen molar-refractivity contribution in [2.75, 3.05) is 51.7 Å². The maximum Gasteiger partial charge on any atom is 0.195 e. The van der Waals surface area contributed by atoms with Gasteiger partial charge in [0.1, 0.15) is 5.75 Å². The summed E-state index contributed by atoms with van der Waals surface area (Å²) in [4.78, 5) is 6.46. The lowest BCUT2D eigenvalue weighted by Crippen LogP contribution is -2.30. The van der Waals surface area contributed by atoms with Gasteiger partial charge in [-0.3, -0.25) is 4.99 Å². The summed E-state index contributed by atoms with van der Waals surface area (Å²) in [6.45, 7) is 4.11. The molecule has 0 saturated heterocycles. The fourth-order valence-corrected chi connectivity index (χ4v) is 2.79. The van der Waals surface area contributed by atoms with E-state index in [1.54, 1.807) is 14.2 Å². The number of nitrogens with zero attached hydrogens (tertiary/aromatic N) is 2. The lowest BCUT2D eigenvalue weighted by molar-refractivity contribution is 0.172. The Hall–Kier alpha value is -2.73. The van der Waals surface area contributed by atoms with Crippen molar-refractivity contribution in [1.29, 1.82) is 0 Å². The van der Waals surface area contributed by atoms with Gasteiger partial charge in [0.25, 0.3) is 0 Å². The van der Waals surface area contributed by atoms with E-state index < -0.39 is 0 Å². The van der Waals surface area contributed by atoms with Crippen molar-refractivity contribution in [2.45, 2.75) is 19.9 Å². The third-order valence-corrected chi connectivity index (χ3v) is 4.25. The zero-order valence-corrected chi connectivity index (χ0v) is 17.6. The Morgan fingerprint density at radius 2 is 1.93 bits per heavy atom. The molecule has 0 aliphatic heterocycles. The topological polar surface area (TPSA) is 58.1 Å². The number of methoxy groups -OCH3 is 1. The van der Waals surface area contributed by atoms with Crippen LogP contribution in [0.15, 0.2) is 47.5 Å². The number of rotatable bonds is 9. The molecule has 0 saturated carbocycles. The summed E-state index contributed by atoms with van der Waals surface area (Å²) in [7, 11) is 7.58.